The van der Waals surface area contributed by atoms with Crippen LogP contribution in [0.5, 0.6) is 5.75 Å². The third-order valence-electron chi connectivity index (χ3n) is 7.32. The number of hydrogen-bond donors (Lipinski definition) is 1. The van der Waals surface area contributed by atoms with E-state index in [4.69, 9.17) is 16.3 Å². The smallest absolute Gasteiger partial charge is 0.316 e. The fourth-order valence-electron chi connectivity index (χ4n) is 4.48. The lowest BCUT2D eigenvalue weighted by Crippen LogP contribution is -2.49. The number of aromatic nitrogens is 2. The zero-order valence-electron chi connectivity index (χ0n) is 22.3. The molecular weight excluding hydrogens is 556 g/mol. The summed E-state index contributed by atoms with van der Waals surface area (Å²) in [4.78, 5) is 26.4. The van der Waals surface area contributed by atoms with Gasteiger partial charge in [-0.3, -0.25) is 14.9 Å². The molecule has 1 N–H and O–H groups in total. The largest absolute Gasteiger partial charge is 0.486 e. The first kappa shape index (κ1) is 28.2. The van der Waals surface area contributed by atoms with Gasteiger partial charge in [-0.15, -0.1) is 0 Å². The first-order valence-electron chi connectivity index (χ1n) is 13.0. The number of nitrogens with one attached hydrogen (secondary N) is 1. The van der Waals surface area contributed by atoms with E-state index in [9.17, 15) is 19.1 Å². The molecule has 1 saturated heterocycles. The summed E-state index contributed by atoms with van der Waals surface area (Å²) in [6, 6.07) is 11.9. The van der Waals surface area contributed by atoms with Gasteiger partial charge in [0.15, 0.2) is 11.2 Å². The van der Waals surface area contributed by atoms with Crippen molar-refractivity contribution in [2.75, 3.05) is 37.7 Å². The fourth-order valence-corrected chi connectivity index (χ4v) is 5.63. The highest BCUT2D eigenvalue weighted by molar-refractivity contribution is 7.80. The summed E-state index contributed by atoms with van der Waals surface area (Å²) in [6.45, 7) is 6.48. The molecule has 1 aliphatic carbocycles. The standard InChI is InChI=1S/C27H31ClN6O5S/c1-19-6-7-20(14-23(19)34(36)37)16-30-40(38)32-12-10-31(11-13-32)24-17-29-33(22-5-3-4-21(28)15-22)26(35)25(24)39-18-27(2)8-9-27/h3-7,14-15,17,30H,8-13,16,18H2,1-2H3. The van der Waals surface area contributed by atoms with Gasteiger partial charge in [0.25, 0.3) is 5.69 Å². The van der Waals surface area contributed by atoms with Crippen molar-refractivity contribution >= 4 is 34.1 Å². The van der Waals surface area contributed by atoms with Crippen molar-refractivity contribution in [2.45, 2.75) is 33.2 Å². The number of piperazine rings is 1. The average Bonchev–Trinajstić information content (AvgIpc) is 3.68. The molecule has 2 heterocycles. The minimum absolute atomic E-state index is 0.0401. The third kappa shape index (κ3) is 6.35. The van der Waals surface area contributed by atoms with Gasteiger partial charge in [-0.1, -0.05) is 36.7 Å². The van der Waals surface area contributed by atoms with Crippen LogP contribution in [-0.2, 0) is 17.7 Å². The highest BCUT2D eigenvalue weighted by Crippen LogP contribution is 2.45. The number of halogens is 1. The maximum absolute atomic E-state index is 13.6. The first-order chi connectivity index (χ1) is 19.1. The van der Waals surface area contributed by atoms with E-state index in [1.807, 2.05) is 4.90 Å². The molecule has 13 heteroatoms. The van der Waals surface area contributed by atoms with Crippen LogP contribution < -0.4 is 19.9 Å². The van der Waals surface area contributed by atoms with E-state index in [-0.39, 0.29) is 29.0 Å². The van der Waals surface area contributed by atoms with Crippen LogP contribution in [0.4, 0.5) is 11.4 Å². The quantitative estimate of drug-likeness (QED) is 0.283. The van der Waals surface area contributed by atoms with Crippen LogP contribution in [0.3, 0.4) is 0 Å². The molecule has 2 aromatic carbocycles. The van der Waals surface area contributed by atoms with Gasteiger partial charge in [0.2, 0.25) is 5.75 Å². The van der Waals surface area contributed by atoms with Crippen LogP contribution in [0.1, 0.15) is 30.9 Å². The Labute approximate surface area is 239 Å². The van der Waals surface area contributed by atoms with Crippen molar-refractivity contribution in [3.63, 3.8) is 0 Å². The van der Waals surface area contributed by atoms with E-state index < -0.39 is 16.1 Å². The maximum atomic E-state index is 13.6. The van der Waals surface area contributed by atoms with Crippen molar-refractivity contribution in [3.05, 3.63) is 85.3 Å². The van der Waals surface area contributed by atoms with Crippen LogP contribution in [0, 0.1) is 22.5 Å². The summed E-state index contributed by atoms with van der Waals surface area (Å²) in [7, 11) is 0. The summed E-state index contributed by atoms with van der Waals surface area (Å²) in [5.41, 5.74) is 2.18. The first-order valence-corrected chi connectivity index (χ1v) is 14.5. The van der Waals surface area contributed by atoms with Crippen LogP contribution in [0.25, 0.3) is 5.69 Å². The van der Waals surface area contributed by atoms with E-state index >= 15 is 0 Å². The Hall–Kier alpha value is -3.32. The van der Waals surface area contributed by atoms with Crippen molar-refractivity contribution < 1.29 is 13.9 Å². The van der Waals surface area contributed by atoms with Gasteiger partial charge in [-0.25, -0.2) is 13.2 Å². The summed E-state index contributed by atoms with van der Waals surface area (Å²) < 4.78 is 25.2. The lowest BCUT2D eigenvalue weighted by molar-refractivity contribution is -0.385. The Bertz CT molecular complexity index is 1500. The second-order valence-corrected chi connectivity index (χ2v) is 12.3. The predicted molar refractivity (Wildman–Crippen MR) is 154 cm³/mol. The van der Waals surface area contributed by atoms with Crippen LogP contribution in [-0.4, -0.2) is 56.0 Å². The number of ether oxygens (including phenoxy) is 1. The molecule has 1 aliphatic heterocycles. The lowest BCUT2D eigenvalue weighted by Gasteiger charge is -2.35. The van der Waals surface area contributed by atoms with Gasteiger partial charge in [-0.05, 0) is 43.5 Å². The Kier molecular flexibility index (Phi) is 8.22. The maximum Gasteiger partial charge on any atom is 0.316 e. The minimum Gasteiger partial charge on any atom is -0.486 e. The van der Waals surface area contributed by atoms with Gasteiger partial charge < -0.3 is 9.64 Å². The van der Waals surface area contributed by atoms with E-state index in [1.54, 1.807) is 53.8 Å². The highest BCUT2D eigenvalue weighted by Gasteiger charge is 2.39. The number of nitrogens with zero attached hydrogens (tertiary/aromatic N) is 5. The van der Waals surface area contributed by atoms with Crippen LogP contribution in [0.2, 0.25) is 5.02 Å². The molecule has 5 rings (SSSR count). The van der Waals surface area contributed by atoms with Gasteiger partial charge in [0.1, 0.15) is 5.69 Å². The molecule has 2 fully saturated rings. The predicted octanol–water partition coefficient (Wildman–Crippen LogP) is 3.77. The molecule has 3 aromatic rings. The summed E-state index contributed by atoms with van der Waals surface area (Å²) in [5, 5.41) is 16.1. The molecule has 40 heavy (non-hydrogen) atoms. The highest BCUT2D eigenvalue weighted by atomic mass is 35.5. The van der Waals surface area contributed by atoms with Gasteiger partial charge in [0.05, 0.1) is 23.4 Å². The molecule has 2 aliphatic rings. The zero-order valence-corrected chi connectivity index (χ0v) is 23.9. The van der Waals surface area contributed by atoms with E-state index in [1.165, 1.54) is 10.7 Å². The number of nitro groups is 1. The van der Waals surface area contributed by atoms with E-state index in [0.29, 0.717) is 60.3 Å². The number of anilines is 1. The van der Waals surface area contributed by atoms with Gasteiger partial charge in [0, 0.05) is 54.8 Å². The van der Waals surface area contributed by atoms with Crippen LogP contribution >= 0.6 is 11.6 Å². The minimum atomic E-state index is -1.49. The molecule has 212 valence electrons. The molecule has 1 atom stereocenters. The molecule has 1 aromatic heterocycles. The summed E-state index contributed by atoms with van der Waals surface area (Å²) >= 11 is 4.66. The van der Waals surface area contributed by atoms with Crippen molar-refractivity contribution in [3.8, 4) is 11.4 Å². The van der Waals surface area contributed by atoms with E-state index in [2.05, 4.69) is 16.7 Å². The number of aryl methyl sites for hydroxylation is 1. The topological polar surface area (TPSA) is 123 Å². The van der Waals surface area contributed by atoms with Crippen LogP contribution in [0.15, 0.2) is 53.5 Å². The van der Waals surface area contributed by atoms with E-state index in [0.717, 1.165) is 12.8 Å². The number of nitro benzene ring substituents is 1. The molecule has 0 spiro atoms. The molecule has 0 amide bonds. The molecule has 0 bridgehead atoms. The fraction of sp³-hybridized carbons (Fsp3) is 0.407. The SMILES string of the molecule is Cc1ccc(CNS(=O)N2CCN(c3cnn(-c4cccc(Cl)c4)c(=O)c3OCC3(C)CC3)CC2)cc1[N+](=O)[O-]. The molecule has 0 radical (unpaired) electrons. The van der Waals surface area contributed by atoms with Gasteiger partial charge >= 0.3 is 5.56 Å². The number of benzene rings is 2. The number of rotatable bonds is 10. The molecule has 1 saturated carbocycles. The molecule has 1 unspecified atom stereocenters. The normalized spacial score (nSPS) is 17.4. The summed E-state index contributed by atoms with van der Waals surface area (Å²) in [6.07, 6.45) is 3.76. The Morgan fingerprint density at radius 1 is 1.18 bits per heavy atom. The van der Waals surface area contributed by atoms with Crippen molar-refractivity contribution in [2.24, 2.45) is 5.41 Å². The second kappa shape index (κ2) is 11.7. The second-order valence-electron chi connectivity index (χ2n) is 10.5. The zero-order chi connectivity index (χ0) is 28.4. The Morgan fingerprint density at radius 2 is 1.93 bits per heavy atom. The Morgan fingerprint density at radius 3 is 2.60 bits per heavy atom. The van der Waals surface area contributed by atoms with Gasteiger partial charge in [-0.2, -0.15) is 9.78 Å². The molecular formula is C27H31ClN6O5S. The van der Waals surface area contributed by atoms with Crippen molar-refractivity contribution in [1.29, 1.82) is 0 Å². The lowest BCUT2D eigenvalue weighted by atomic mass is 10.1. The summed E-state index contributed by atoms with van der Waals surface area (Å²) in [5.74, 6) is 0.247. The third-order valence-corrected chi connectivity index (χ3v) is 8.78. The molecule has 11 nitrogen and oxygen atoms in total. The monoisotopic (exact) mass is 586 g/mol. The van der Waals surface area contributed by atoms with Crippen molar-refractivity contribution in [1.82, 2.24) is 18.8 Å². The Balaban J connectivity index is 1.27. The number of hydrogen-bond acceptors (Lipinski definition) is 7. The average molecular weight is 587 g/mol.